The van der Waals surface area contributed by atoms with Crippen LogP contribution in [0.1, 0.15) is 11.3 Å². The van der Waals surface area contributed by atoms with Crippen LogP contribution in [0, 0.1) is 0 Å². The van der Waals surface area contributed by atoms with Gasteiger partial charge in [-0.2, -0.15) is 10.2 Å². The van der Waals surface area contributed by atoms with Gasteiger partial charge in [0.2, 0.25) is 10.0 Å². The third-order valence-electron chi connectivity index (χ3n) is 2.15. The number of aliphatic hydroxyl groups excluding tert-OH is 1. The van der Waals surface area contributed by atoms with Crippen LogP contribution in [0.2, 0.25) is 0 Å². The van der Waals surface area contributed by atoms with Crippen molar-refractivity contribution in [2.24, 2.45) is 0 Å². The van der Waals surface area contributed by atoms with Gasteiger partial charge in [-0.05, 0) is 29.1 Å². The second-order valence-corrected chi connectivity index (χ2v) is 6.38. The van der Waals surface area contributed by atoms with E-state index in [1.165, 1.54) is 12.3 Å². The highest BCUT2D eigenvalue weighted by Gasteiger charge is 2.16. The average Bonchev–Trinajstić information content (AvgIpc) is 2.87. The average molecular weight is 285 g/mol. The summed E-state index contributed by atoms with van der Waals surface area (Å²) < 4.78 is 26.4. The lowest BCUT2D eigenvalue weighted by molar-refractivity contribution is 0.282. The molecule has 18 heavy (non-hydrogen) atoms. The molecule has 0 aliphatic rings. The molecule has 0 spiro atoms. The highest BCUT2D eigenvalue weighted by atomic mass is 32.2. The molecule has 6 nitrogen and oxygen atoms in total. The van der Waals surface area contributed by atoms with Gasteiger partial charge in [-0.1, -0.05) is 0 Å². The zero-order valence-corrected chi connectivity index (χ0v) is 10.9. The van der Waals surface area contributed by atoms with E-state index in [0.29, 0.717) is 11.3 Å². The van der Waals surface area contributed by atoms with Crippen molar-refractivity contribution in [1.29, 1.82) is 0 Å². The quantitative estimate of drug-likeness (QED) is 0.835. The van der Waals surface area contributed by atoms with Gasteiger partial charge >= 0.3 is 0 Å². The largest absolute Gasteiger partial charge is 0.392 e. The molecule has 96 valence electrons. The van der Waals surface area contributed by atoms with Crippen LogP contribution in [-0.2, 0) is 23.2 Å². The third kappa shape index (κ3) is 3.10. The van der Waals surface area contributed by atoms with Gasteiger partial charge in [-0.15, -0.1) is 11.3 Å². The molecule has 0 saturated carbocycles. The van der Waals surface area contributed by atoms with Crippen LogP contribution in [0.5, 0.6) is 0 Å². The number of rotatable bonds is 5. The lowest BCUT2D eigenvalue weighted by Gasteiger charge is -2.03. The molecule has 0 amide bonds. The molecule has 8 heteroatoms. The Kier molecular flexibility index (Phi) is 4.02. The topological polar surface area (TPSA) is 92.2 Å². The van der Waals surface area contributed by atoms with Crippen molar-refractivity contribution in [3.05, 3.63) is 41.0 Å². The first-order valence-corrected chi connectivity index (χ1v) is 7.42. The van der Waals surface area contributed by atoms with Crippen molar-refractivity contribution < 1.29 is 13.5 Å². The van der Waals surface area contributed by atoms with Crippen LogP contribution in [0.4, 0.5) is 0 Å². The molecule has 2 aromatic heterocycles. The second-order valence-electron chi connectivity index (χ2n) is 3.47. The maximum absolute atomic E-state index is 11.9. The van der Waals surface area contributed by atoms with Crippen LogP contribution < -0.4 is 4.72 Å². The molecule has 0 bridgehead atoms. The number of aliphatic hydroxyl groups is 1. The van der Waals surface area contributed by atoms with E-state index < -0.39 is 10.0 Å². The zero-order chi connectivity index (χ0) is 13.0. The molecule has 0 atom stereocenters. The van der Waals surface area contributed by atoms with Gasteiger partial charge in [0.05, 0.1) is 18.8 Å². The van der Waals surface area contributed by atoms with Gasteiger partial charge in [-0.25, -0.2) is 13.1 Å². The Balaban J connectivity index is 2.08. The molecule has 2 N–H and O–H groups in total. The number of nitrogens with one attached hydrogen (secondary N) is 1. The summed E-state index contributed by atoms with van der Waals surface area (Å²) in [5, 5.41) is 17.9. The van der Waals surface area contributed by atoms with Crippen molar-refractivity contribution in [1.82, 2.24) is 14.9 Å². The van der Waals surface area contributed by atoms with Crippen molar-refractivity contribution in [3.63, 3.8) is 0 Å². The minimum absolute atomic E-state index is 0.0858. The first-order valence-electron chi connectivity index (χ1n) is 5.06. The Morgan fingerprint density at radius 3 is 2.89 bits per heavy atom. The Morgan fingerprint density at radius 1 is 1.44 bits per heavy atom. The Hall–Kier alpha value is -1.35. The Morgan fingerprint density at radius 2 is 2.28 bits per heavy atom. The normalized spacial score (nSPS) is 11.6. The number of sulfonamides is 1. The molecular formula is C10H11N3O3S2. The monoisotopic (exact) mass is 285 g/mol. The van der Waals surface area contributed by atoms with Crippen LogP contribution in [0.25, 0.3) is 0 Å². The maximum Gasteiger partial charge on any atom is 0.250 e. The van der Waals surface area contributed by atoms with Crippen LogP contribution >= 0.6 is 11.3 Å². The third-order valence-corrected chi connectivity index (χ3v) is 5.04. The second kappa shape index (κ2) is 5.53. The lowest BCUT2D eigenvalue weighted by Crippen LogP contribution is -2.23. The van der Waals surface area contributed by atoms with E-state index in [0.717, 1.165) is 11.3 Å². The van der Waals surface area contributed by atoms with Gasteiger partial charge in [-0.3, -0.25) is 0 Å². The summed E-state index contributed by atoms with van der Waals surface area (Å²) in [5.41, 5.74) is 1.12. The first-order chi connectivity index (χ1) is 8.62. The predicted octanol–water partition coefficient (Wildman–Crippen LogP) is 0.509. The van der Waals surface area contributed by atoms with E-state index in [1.807, 2.05) is 0 Å². The summed E-state index contributed by atoms with van der Waals surface area (Å²) in [6.07, 6.45) is 1.52. The minimum atomic E-state index is -3.56. The number of thiophene rings is 1. The fourth-order valence-electron chi connectivity index (χ4n) is 1.24. The molecule has 0 aliphatic carbocycles. The first kappa shape index (κ1) is 13.1. The van der Waals surface area contributed by atoms with Gasteiger partial charge in [0.15, 0.2) is 0 Å². The highest BCUT2D eigenvalue weighted by Crippen LogP contribution is 2.20. The minimum Gasteiger partial charge on any atom is -0.392 e. The van der Waals surface area contributed by atoms with Crippen LogP contribution in [0.3, 0.4) is 0 Å². The molecule has 0 radical (unpaired) electrons. The number of hydrogen-bond acceptors (Lipinski definition) is 6. The van der Waals surface area contributed by atoms with Gasteiger partial charge < -0.3 is 5.11 Å². The highest BCUT2D eigenvalue weighted by molar-refractivity contribution is 7.91. The van der Waals surface area contributed by atoms with Crippen molar-refractivity contribution >= 4 is 21.4 Å². The fourth-order valence-corrected chi connectivity index (χ4v) is 3.49. The SMILES string of the molecule is O=S(=O)(NCc1cccnn1)c1cc(CO)cs1. The van der Waals surface area contributed by atoms with E-state index in [-0.39, 0.29) is 17.4 Å². The standard InChI is InChI=1S/C10H11N3O3S2/c14-6-8-4-10(17-7-8)18(15,16)12-5-9-2-1-3-11-13-9/h1-4,7,12,14H,5-6H2. The summed E-state index contributed by atoms with van der Waals surface area (Å²) in [7, 11) is -3.56. The van der Waals surface area contributed by atoms with Gasteiger partial charge in [0.1, 0.15) is 4.21 Å². The van der Waals surface area contributed by atoms with E-state index in [9.17, 15) is 8.42 Å². The van der Waals surface area contributed by atoms with Crippen molar-refractivity contribution in [2.45, 2.75) is 17.4 Å². The molecule has 2 heterocycles. The molecule has 0 aliphatic heterocycles. The Labute approximate surface area is 108 Å². The fraction of sp³-hybridized carbons (Fsp3) is 0.200. The summed E-state index contributed by atoms with van der Waals surface area (Å²) in [4.78, 5) is 0. The lowest BCUT2D eigenvalue weighted by atomic mass is 10.4. The van der Waals surface area contributed by atoms with E-state index in [2.05, 4.69) is 14.9 Å². The molecule has 2 aromatic rings. The number of aromatic nitrogens is 2. The van der Waals surface area contributed by atoms with Crippen LogP contribution in [0.15, 0.2) is 34.0 Å². The van der Waals surface area contributed by atoms with Crippen molar-refractivity contribution in [2.75, 3.05) is 0 Å². The van der Waals surface area contributed by atoms with Crippen molar-refractivity contribution in [3.8, 4) is 0 Å². The summed E-state index contributed by atoms with van der Waals surface area (Å²) in [5.74, 6) is 0. The summed E-state index contributed by atoms with van der Waals surface area (Å²) in [6.45, 7) is -0.0846. The molecule has 0 aromatic carbocycles. The zero-order valence-electron chi connectivity index (χ0n) is 9.28. The molecule has 0 saturated heterocycles. The Bertz CT molecular complexity index is 610. The predicted molar refractivity (Wildman–Crippen MR) is 66.3 cm³/mol. The van der Waals surface area contributed by atoms with Gasteiger partial charge in [0, 0.05) is 6.20 Å². The number of nitrogens with zero attached hydrogens (tertiary/aromatic N) is 2. The molecular weight excluding hydrogens is 274 g/mol. The molecule has 0 unspecified atom stereocenters. The molecule has 0 fully saturated rings. The smallest absolute Gasteiger partial charge is 0.250 e. The van der Waals surface area contributed by atoms with Crippen LogP contribution in [-0.4, -0.2) is 23.7 Å². The summed E-state index contributed by atoms with van der Waals surface area (Å²) in [6, 6.07) is 4.82. The summed E-state index contributed by atoms with van der Waals surface area (Å²) >= 11 is 1.07. The van der Waals surface area contributed by atoms with Gasteiger partial charge in [0.25, 0.3) is 0 Å². The van der Waals surface area contributed by atoms with E-state index in [1.54, 1.807) is 17.5 Å². The molecule has 2 rings (SSSR count). The number of hydrogen-bond donors (Lipinski definition) is 2. The van der Waals surface area contributed by atoms with E-state index >= 15 is 0 Å². The van der Waals surface area contributed by atoms with E-state index in [4.69, 9.17) is 5.11 Å². The maximum atomic E-state index is 11.9.